The molecule has 5 heteroatoms. The lowest BCUT2D eigenvalue weighted by atomic mass is 10.0. The molecule has 0 spiro atoms. The normalized spacial score (nSPS) is 17.4. The summed E-state index contributed by atoms with van der Waals surface area (Å²) in [5.41, 5.74) is 3.75. The number of carbonyl (C=O) groups is 1. The van der Waals surface area contributed by atoms with Crippen LogP contribution in [0.4, 0.5) is 0 Å². The van der Waals surface area contributed by atoms with Gasteiger partial charge in [-0.05, 0) is 18.9 Å². The molecule has 0 N–H and O–H groups in total. The number of nitrogens with zero attached hydrogens (tertiary/aromatic N) is 1. The Bertz CT molecular complexity index is 1120. The van der Waals surface area contributed by atoms with Crippen molar-refractivity contribution in [2.45, 2.75) is 12.8 Å². The molecular weight excluding hydrogens is 382 g/mol. The van der Waals surface area contributed by atoms with Gasteiger partial charge in [0.2, 0.25) is 0 Å². The third-order valence-electron chi connectivity index (χ3n) is 4.49. The number of hydrogen-bond donors (Lipinski definition) is 0. The number of amides is 1. The lowest BCUT2D eigenvalue weighted by molar-refractivity contribution is -0.112. The van der Waals surface area contributed by atoms with Crippen molar-refractivity contribution in [3.63, 3.8) is 0 Å². The van der Waals surface area contributed by atoms with E-state index in [1.165, 1.54) is 6.08 Å². The standard InChI is InChI=1S/C16H18O2S.C8H5NO/c1-13-5-3-7-15(9-13)11-19(17,18)12-16-8-4-6-14(2)10-16;10-8-5-6-3-1-2-4-7(6)9-8/h3-8H,1-2,9-12H2;1-5H. The second-order valence-electron chi connectivity index (χ2n) is 7.22. The lowest BCUT2D eigenvalue weighted by Gasteiger charge is -2.14. The molecule has 0 fully saturated rings. The zero-order valence-electron chi connectivity index (χ0n) is 16.2. The molecule has 0 atom stereocenters. The minimum Gasteiger partial charge on any atom is -0.267 e. The minimum absolute atomic E-state index is 0.115. The number of rotatable bonds is 4. The second kappa shape index (κ2) is 8.97. The number of hydrogen-bond acceptors (Lipinski definition) is 3. The minimum atomic E-state index is -3.11. The van der Waals surface area contributed by atoms with Crippen LogP contribution in [-0.2, 0) is 14.6 Å². The number of allylic oxidation sites excluding steroid dienone is 8. The summed E-state index contributed by atoms with van der Waals surface area (Å²) >= 11 is 0. The Morgan fingerprint density at radius 2 is 1.45 bits per heavy atom. The first-order valence-corrected chi connectivity index (χ1v) is 11.1. The zero-order chi connectivity index (χ0) is 20.9. The van der Waals surface area contributed by atoms with E-state index in [4.69, 9.17) is 0 Å². The highest BCUT2D eigenvalue weighted by atomic mass is 32.2. The lowest BCUT2D eigenvalue weighted by Crippen LogP contribution is -2.19. The molecular formula is C24H23NO3S. The third-order valence-corrected chi connectivity index (χ3v) is 6.11. The van der Waals surface area contributed by atoms with E-state index in [-0.39, 0.29) is 17.4 Å². The van der Waals surface area contributed by atoms with E-state index < -0.39 is 9.84 Å². The highest BCUT2D eigenvalue weighted by Crippen LogP contribution is 2.21. The first kappa shape index (κ1) is 20.7. The van der Waals surface area contributed by atoms with Crippen LogP contribution in [0.25, 0.3) is 6.08 Å². The summed E-state index contributed by atoms with van der Waals surface area (Å²) in [6.45, 7) is 7.73. The van der Waals surface area contributed by atoms with E-state index >= 15 is 0 Å². The van der Waals surface area contributed by atoms with Crippen molar-refractivity contribution in [2.75, 3.05) is 11.5 Å². The van der Waals surface area contributed by atoms with E-state index in [1.807, 2.05) is 60.7 Å². The highest BCUT2D eigenvalue weighted by molar-refractivity contribution is 7.91. The molecule has 0 aromatic heterocycles. The molecule has 1 heterocycles. The van der Waals surface area contributed by atoms with Crippen molar-refractivity contribution in [2.24, 2.45) is 4.99 Å². The average molecular weight is 406 g/mol. The van der Waals surface area contributed by atoms with Crippen molar-refractivity contribution >= 4 is 21.8 Å². The van der Waals surface area contributed by atoms with Gasteiger partial charge in [-0.15, -0.1) is 0 Å². The van der Waals surface area contributed by atoms with E-state index in [1.54, 1.807) is 0 Å². The van der Waals surface area contributed by atoms with Crippen molar-refractivity contribution in [3.05, 3.63) is 107 Å². The van der Waals surface area contributed by atoms with Gasteiger partial charge in [0.25, 0.3) is 5.91 Å². The molecule has 1 aromatic rings. The number of sulfone groups is 1. The molecule has 2 aliphatic carbocycles. The van der Waals surface area contributed by atoms with Crippen molar-refractivity contribution < 1.29 is 13.2 Å². The Balaban J connectivity index is 0.000000200. The molecule has 1 aromatic carbocycles. The Morgan fingerprint density at radius 3 is 1.97 bits per heavy atom. The Morgan fingerprint density at radius 1 is 0.897 bits per heavy atom. The molecule has 148 valence electrons. The van der Waals surface area contributed by atoms with Crippen LogP contribution in [0.5, 0.6) is 0 Å². The van der Waals surface area contributed by atoms with Gasteiger partial charge in [0.15, 0.2) is 9.84 Å². The van der Waals surface area contributed by atoms with Crippen LogP contribution in [0.15, 0.2) is 101 Å². The third kappa shape index (κ3) is 6.22. The largest absolute Gasteiger partial charge is 0.270 e. The summed E-state index contributed by atoms with van der Waals surface area (Å²) in [7, 11) is -3.11. The molecule has 1 amide bonds. The van der Waals surface area contributed by atoms with Crippen LogP contribution in [0.2, 0.25) is 0 Å². The molecule has 3 aliphatic rings. The second-order valence-corrected chi connectivity index (χ2v) is 9.29. The summed E-state index contributed by atoms with van der Waals surface area (Å²) < 4.78 is 24.4. The van der Waals surface area contributed by atoms with Crippen LogP contribution < -0.4 is 10.6 Å². The summed E-state index contributed by atoms with van der Waals surface area (Å²) in [6, 6.07) is 7.47. The quantitative estimate of drug-likeness (QED) is 0.774. The summed E-state index contributed by atoms with van der Waals surface area (Å²) in [4.78, 5) is 14.4. The summed E-state index contributed by atoms with van der Waals surface area (Å²) in [5, 5.41) is 1.71. The van der Waals surface area contributed by atoms with Crippen molar-refractivity contribution in [3.8, 4) is 0 Å². The fraction of sp³-hybridized carbons (Fsp3) is 0.167. The van der Waals surface area contributed by atoms with Gasteiger partial charge in [-0.3, -0.25) is 4.79 Å². The first-order valence-electron chi connectivity index (χ1n) is 9.28. The van der Waals surface area contributed by atoms with Gasteiger partial charge in [-0.25, -0.2) is 13.4 Å². The van der Waals surface area contributed by atoms with Crippen LogP contribution in [0, 0.1) is 0 Å². The fourth-order valence-corrected chi connectivity index (χ4v) is 4.90. The monoisotopic (exact) mass is 405 g/mol. The predicted molar refractivity (Wildman–Crippen MR) is 117 cm³/mol. The fourth-order valence-electron chi connectivity index (χ4n) is 3.27. The topological polar surface area (TPSA) is 63.6 Å². The van der Waals surface area contributed by atoms with Gasteiger partial charge in [-0.2, -0.15) is 0 Å². The van der Waals surface area contributed by atoms with Crippen molar-refractivity contribution in [1.29, 1.82) is 0 Å². The molecule has 0 saturated carbocycles. The molecule has 4 nitrogen and oxygen atoms in total. The van der Waals surface area contributed by atoms with Crippen LogP contribution in [-0.4, -0.2) is 25.8 Å². The summed E-state index contributed by atoms with van der Waals surface area (Å²) in [6.07, 6.45) is 14.1. The van der Waals surface area contributed by atoms with Gasteiger partial charge >= 0.3 is 0 Å². The maximum absolute atomic E-state index is 12.2. The molecule has 0 radical (unpaired) electrons. The molecule has 29 heavy (non-hydrogen) atoms. The number of para-hydroxylation sites is 1. The van der Waals surface area contributed by atoms with Gasteiger partial charge < -0.3 is 0 Å². The summed E-state index contributed by atoms with van der Waals surface area (Å²) in [5.74, 6) is 0.0783. The Hall–Kier alpha value is -3.05. The van der Waals surface area contributed by atoms with E-state index in [0.29, 0.717) is 12.8 Å². The number of benzene rings is 1. The predicted octanol–water partition coefficient (Wildman–Crippen LogP) is 2.91. The highest BCUT2D eigenvalue weighted by Gasteiger charge is 2.18. The molecule has 0 bridgehead atoms. The SMILES string of the molecule is C=C1C=CC=C(CS(=O)(=O)CC2=CC=CC(=C)C2)C1.O=C1C=c2ccccc2=N1. The zero-order valence-corrected chi connectivity index (χ0v) is 17.0. The molecule has 4 rings (SSSR count). The first-order chi connectivity index (χ1) is 13.8. The number of fused-ring (bicyclic) bond motifs is 1. The maximum atomic E-state index is 12.2. The Kier molecular flexibility index (Phi) is 6.39. The molecule has 0 saturated heterocycles. The van der Waals surface area contributed by atoms with Crippen molar-refractivity contribution in [1.82, 2.24) is 0 Å². The number of carbonyl (C=O) groups excluding carboxylic acids is 1. The molecule has 1 aliphatic heterocycles. The molecule has 0 unspecified atom stereocenters. The van der Waals surface area contributed by atoms with Crippen LogP contribution in [0.3, 0.4) is 0 Å². The van der Waals surface area contributed by atoms with Crippen LogP contribution >= 0.6 is 0 Å². The van der Waals surface area contributed by atoms with Gasteiger partial charge in [0.1, 0.15) is 0 Å². The van der Waals surface area contributed by atoms with E-state index in [0.717, 1.165) is 32.9 Å². The maximum Gasteiger partial charge on any atom is 0.270 e. The van der Waals surface area contributed by atoms with Gasteiger partial charge in [-0.1, -0.05) is 90.1 Å². The van der Waals surface area contributed by atoms with Gasteiger partial charge in [0.05, 0.1) is 16.9 Å². The van der Waals surface area contributed by atoms with E-state index in [9.17, 15) is 13.2 Å². The van der Waals surface area contributed by atoms with Crippen LogP contribution in [0.1, 0.15) is 12.8 Å². The Labute approximate surface area is 171 Å². The average Bonchev–Trinajstić information content (AvgIpc) is 3.01. The smallest absolute Gasteiger partial charge is 0.267 e. The van der Waals surface area contributed by atoms with E-state index in [2.05, 4.69) is 18.2 Å². The van der Waals surface area contributed by atoms with Gasteiger partial charge in [0, 0.05) is 11.3 Å².